The SMILES string of the molecule is CN(Cc1c2ccccc2cc2ccccc12)CC1OC(c2ccc(CNS(=O)(=O)c3cccc4cccnc34)cc2)OC(c2ccc(CO)cc2)C1c1ccccc1. The first-order valence-corrected chi connectivity index (χ1v) is 21.4. The molecule has 0 saturated carbocycles. The van der Waals surface area contributed by atoms with Gasteiger partial charge in [-0.15, -0.1) is 0 Å². The van der Waals surface area contributed by atoms with E-state index in [4.69, 9.17) is 9.47 Å². The molecule has 2 N–H and O–H groups in total. The van der Waals surface area contributed by atoms with Crippen LogP contribution >= 0.6 is 0 Å². The number of rotatable bonds is 12. The molecule has 296 valence electrons. The smallest absolute Gasteiger partial charge is 0.243 e. The molecule has 0 radical (unpaired) electrons. The van der Waals surface area contributed by atoms with E-state index in [1.165, 1.54) is 27.1 Å². The Bertz CT molecular complexity index is 2780. The van der Waals surface area contributed by atoms with Crippen molar-refractivity contribution in [3.05, 3.63) is 203 Å². The van der Waals surface area contributed by atoms with Crippen LogP contribution in [0.3, 0.4) is 0 Å². The summed E-state index contributed by atoms with van der Waals surface area (Å²) in [5.74, 6) is -0.156. The number of fused-ring (bicyclic) bond motifs is 3. The molecule has 9 heteroatoms. The summed E-state index contributed by atoms with van der Waals surface area (Å²) in [6.07, 6.45) is 0.232. The van der Waals surface area contributed by atoms with Crippen molar-refractivity contribution in [3.63, 3.8) is 0 Å². The molecule has 2 heterocycles. The van der Waals surface area contributed by atoms with Crippen molar-refractivity contribution in [1.82, 2.24) is 14.6 Å². The normalized spacial score (nSPS) is 18.5. The Morgan fingerprint density at radius 3 is 2.00 bits per heavy atom. The van der Waals surface area contributed by atoms with Crippen LogP contribution in [0.5, 0.6) is 0 Å². The molecule has 0 spiro atoms. The van der Waals surface area contributed by atoms with Crippen molar-refractivity contribution < 1.29 is 23.0 Å². The highest BCUT2D eigenvalue weighted by atomic mass is 32.2. The van der Waals surface area contributed by atoms with Gasteiger partial charge in [-0.25, -0.2) is 13.1 Å². The molecular formula is C50H45N3O5S. The van der Waals surface area contributed by atoms with Crippen LogP contribution in [0.2, 0.25) is 0 Å². The van der Waals surface area contributed by atoms with Crippen LogP contribution < -0.4 is 4.72 Å². The maximum Gasteiger partial charge on any atom is 0.243 e. The molecule has 1 aliphatic rings. The number of nitrogens with one attached hydrogen (secondary N) is 1. The number of ether oxygens (including phenoxy) is 2. The van der Waals surface area contributed by atoms with Gasteiger partial charge in [0.2, 0.25) is 10.0 Å². The number of aliphatic hydroxyl groups is 1. The molecule has 0 aliphatic carbocycles. The highest BCUT2D eigenvalue weighted by molar-refractivity contribution is 7.89. The van der Waals surface area contributed by atoms with Gasteiger partial charge in [0.15, 0.2) is 6.29 Å². The molecule has 1 fully saturated rings. The Balaban J connectivity index is 1.02. The van der Waals surface area contributed by atoms with Crippen molar-refractivity contribution in [2.45, 2.75) is 49.0 Å². The third-order valence-electron chi connectivity index (χ3n) is 11.4. The Morgan fingerprint density at radius 2 is 1.29 bits per heavy atom. The van der Waals surface area contributed by atoms with Gasteiger partial charge in [-0.2, -0.15) is 0 Å². The summed E-state index contributed by atoms with van der Waals surface area (Å²) in [6, 6.07) is 54.3. The number of para-hydroxylation sites is 1. The average molecular weight is 800 g/mol. The molecule has 0 bridgehead atoms. The van der Waals surface area contributed by atoms with Gasteiger partial charge in [-0.3, -0.25) is 9.88 Å². The lowest BCUT2D eigenvalue weighted by Crippen LogP contribution is -2.43. The Kier molecular flexibility index (Phi) is 11.0. The van der Waals surface area contributed by atoms with Crippen molar-refractivity contribution in [2.24, 2.45) is 0 Å². The monoisotopic (exact) mass is 799 g/mol. The van der Waals surface area contributed by atoms with Gasteiger partial charge in [0.25, 0.3) is 0 Å². The average Bonchev–Trinajstić information content (AvgIpc) is 3.28. The lowest BCUT2D eigenvalue weighted by molar-refractivity contribution is -0.263. The minimum absolute atomic E-state index is 0.0444. The molecule has 9 rings (SSSR count). The second kappa shape index (κ2) is 16.8. The van der Waals surface area contributed by atoms with Crippen LogP contribution in [0.1, 0.15) is 51.7 Å². The van der Waals surface area contributed by atoms with E-state index in [0.29, 0.717) is 18.6 Å². The number of sulfonamides is 1. The van der Waals surface area contributed by atoms with E-state index in [1.54, 1.807) is 24.4 Å². The number of aliphatic hydroxyl groups excluding tert-OH is 1. The van der Waals surface area contributed by atoms with Crippen LogP contribution in [0, 0.1) is 0 Å². The lowest BCUT2D eigenvalue weighted by atomic mass is 9.83. The zero-order valence-electron chi connectivity index (χ0n) is 32.7. The number of aromatic nitrogens is 1. The third kappa shape index (κ3) is 8.14. The quantitative estimate of drug-likeness (QED) is 0.119. The largest absolute Gasteiger partial charge is 0.392 e. The van der Waals surface area contributed by atoms with Crippen LogP contribution in [0.4, 0.5) is 0 Å². The summed E-state index contributed by atoms with van der Waals surface area (Å²) >= 11 is 0. The Hall–Kier alpha value is -5.78. The zero-order valence-corrected chi connectivity index (χ0v) is 33.5. The van der Waals surface area contributed by atoms with Crippen molar-refractivity contribution in [1.29, 1.82) is 0 Å². The molecule has 59 heavy (non-hydrogen) atoms. The number of benzene rings is 7. The van der Waals surface area contributed by atoms with Crippen LogP contribution in [-0.2, 0) is 39.2 Å². The maximum atomic E-state index is 13.5. The van der Waals surface area contributed by atoms with E-state index in [0.717, 1.165) is 33.2 Å². The zero-order chi connectivity index (χ0) is 40.3. The van der Waals surface area contributed by atoms with E-state index >= 15 is 0 Å². The van der Waals surface area contributed by atoms with E-state index in [2.05, 4.69) is 101 Å². The van der Waals surface area contributed by atoms with E-state index in [1.807, 2.05) is 66.7 Å². The molecule has 8 aromatic rings. The van der Waals surface area contributed by atoms with E-state index in [-0.39, 0.29) is 36.2 Å². The molecule has 4 atom stereocenters. The summed E-state index contributed by atoms with van der Waals surface area (Å²) in [4.78, 5) is 6.83. The van der Waals surface area contributed by atoms with Gasteiger partial charge < -0.3 is 14.6 Å². The van der Waals surface area contributed by atoms with Crippen molar-refractivity contribution >= 4 is 42.5 Å². The second-order valence-corrected chi connectivity index (χ2v) is 17.0. The molecule has 7 aromatic carbocycles. The first-order valence-electron chi connectivity index (χ1n) is 19.9. The van der Waals surface area contributed by atoms with Gasteiger partial charge in [0.1, 0.15) is 4.90 Å². The van der Waals surface area contributed by atoms with Gasteiger partial charge in [0, 0.05) is 42.7 Å². The summed E-state index contributed by atoms with van der Waals surface area (Å²) < 4.78 is 43.7. The first-order chi connectivity index (χ1) is 28.8. The molecular weight excluding hydrogens is 755 g/mol. The fraction of sp³-hybridized carbons (Fsp3) is 0.180. The van der Waals surface area contributed by atoms with Gasteiger partial charge in [-0.05, 0) is 74.6 Å². The van der Waals surface area contributed by atoms with Crippen LogP contribution in [-0.4, -0.2) is 43.1 Å². The summed E-state index contributed by atoms with van der Waals surface area (Å²) in [5, 5.41) is 15.5. The molecule has 1 aromatic heterocycles. The van der Waals surface area contributed by atoms with Gasteiger partial charge >= 0.3 is 0 Å². The van der Waals surface area contributed by atoms with Gasteiger partial charge in [-0.1, -0.05) is 146 Å². The van der Waals surface area contributed by atoms with Crippen LogP contribution in [0.25, 0.3) is 32.4 Å². The maximum absolute atomic E-state index is 13.5. The number of pyridine rings is 1. The van der Waals surface area contributed by atoms with Crippen molar-refractivity contribution in [2.75, 3.05) is 13.6 Å². The number of hydrogen-bond donors (Lipinski definition) is 2. The van der Waals surface area contributed by atoms with Gasteiger partial charge in [0.05, 0.1) is 24.3 Å². The van der Waals surface area contributed by atoms with E-state index in [9.17, 15) is 13.5 Å². The van der Waals surface area contributed by atoms with Crippen molar-refractivity contribution in [3.8, 4) is 0 Å². The fourth-order valence-corrected chi connectivity index (χ4v) is 9.62. The highest BCUT2D eigenvalue weighted by Crippen LogP contribution is 2.47. The number of likely N-dealkylation sites (N-methyl/N-ethyl adjacent to an activating group) is 1. The minimum atomic E-state index is -3.84. The lowest BCUT2D eigenvalue weighted by Gasteiger charge is -2.44. The summed E-state index contributed by atoms with van der Waals surface area (Å²) in [5.41, 5.74) is 6.26. The van der Waals surface area contributed by atoms with Crippen LogP contribution in [0.15, 0.2) is 175 Å². The molecule has 1 aliphatic heterocycles. The second-order valence-electron chi connectivity index (χ2n) is 15.3. The molecule has 1 saturated heterocycles. The summed E-state index contributed by atoms with van der Waals surface area (Å²) in [6.45, 7) is 1.39. The predicted molar refractivity (Wildman–Crippen MR) is 233 cm³/mol. The highest BCUT2D eigenvalue weighted by Gasteiger charge is 2.42. The molecule has 0 amide bonds. The Morgan fingerprint density at radius 1 is 0.661 bits per heavy atom. The fourth-order valence-electron chi connectivity index (χ4n) is 8.43. The standard InChI is InChI=1S/C50H45N3O5S/c1-53(31-44-42-17-7-5-13-40(42)29-41-14-6-8-18-43(41)44)32-45-47(36-11-3-2-4-12-36)49(38-24-22-35(33-54)23-25-38)58-50(57-45)39-26-20-34(21-27-39)30-52-59(55,56)46-19-9-15-37-16-10-28-51-48(37)46/h2-29,45,47,49-50,52,54H,30-33H2,1H3. The third-order valence-corrected chi connectivity index (χ3v) is 12.8. The number of hydrogen-bond acceptors (Lipinski definition) is 7. The Labute approximate surface area is 344 Å². The first kappa shape index (κ1) is 38.7. The minimum Gasteiger partial charge on any atom is -0.392 e. The molecule has 8 nitrogen and oxygen atoms in total. The topological polar surface area (TPSA) is 101 Å². The van der Waals surface area contributed by atoms with E-state index < -0.39 is 16.3 Å². The predicted octanol–water partition coefficient (Wildman–Crippen LogP) is 9.58. The molecule has 4 unspecified atom stereocenters. The summed E-state index contributed by atoms with van der Waals surface area (Å²) in [7, 11) is -1.69. The number of nitrogens with zero attached hydrogens (tertiary/aromatic N) is 2.